The zero-order valence-electron chi connectivity index (χ0n) is 20.3. The minimum atomic E-state index is -0.506. The molecular formula is C26H36N2O4S. The summed E-state index contributed by atoms with van der Waals surface area (Å²) >= 11 is 1.22. The molecule has 2 fully saturated rings. The molecule has 0 aromatic carbocycles. The van der Waals surface area contributed by atoms with E-state index in [4.69, 9.17) is 4.74 Å². The zero-order valence-corrected chi connectivity index (χ0v) is 21.1. The van der Waals surface area contributed by atoms with Crippen molar-refractivity contribution in [1.29, 1.82) is 0 Å². The van der Waals surface area contributed by atoms with Crippen molar-refractivity contribution in [2.24, 2.45) is 17.8 Å². The van der Waals surface area contributed by atoms with E-state index in [1.807, 2.05) is 18.7 Å². The molecule has 2 heterocycles. The maximum Gasteiger partial charge on any atom is 0.350 e. The van der Waals surface area contributed by atoms with E-state index >= 15 is 0 Å². The standard InChI is InChI=1S/C26H36N2O4S/c1-18(2)8-13-21-16-22(24(33-21)26(31)32-4)28(17-23(29)27-14-6-5-7-15-27)25(30)20-11-9-19(3)10-12-20/h16,18-20H,5-7,9-12,14-15,17H2,1-4H3. The van der Waals surface area contributed by atoms with Gasteiger partial charge >= 0.3 is 5.97 Å². The Bertz CT molecular complexity index is 912. The van der Waals surface area contributed by atoms with Gasteiger partial charge in [-0.3, -0.25) is 9.59 Å². The van der Waals surface area contributed by atoms with Gasteiger partial charge in [0.05, 0.1) is 17.7 Å². The third-order valence-corrected chi connectivity index (χ3v) is 7.51. The first-order valence-corrected chi connectivity index (χ1v) is 12.9. The Hall–Kier alpha value is -2.33. The highest BCUT2D eigenvalue weighted by molar-refractivity contribution is 7.15. The van der Waals surface area contributed by atoms with E-state index in [-0.39, 0.29) is 30.2 Å². The van der Waals surface area contributed by atoms with Crippen LogP contribution >= 0.6 is 11.3 Å². The van der Waals surface area contributed by atoms with Crippen LogP contribution in [0.15, 0.2) is 6.07 Å². The van der Waals surface area contributed by atoms with Gasteiger partial charge in [-0.15, -0.1) is 11.3 Å². The highest BCUT2D eigenvalue weighted by atomic mass is 32.1. The molecule has 2 amide bonds. The largest absolute Gasteiger partial charge is 0.465 e. The number of piperidine rings is 1. The molecule has 1 saturated heterocycles. The fourth-order valence-electron chi connectivity index (χ4n) is 4.49. The van der Waals surface area contributed by atoms with Gasteiger partial charge in [-0.25, -0.2) is 4.79 Å². The molecule has 1 saturated carbocycles. The summed E-state index contributed by atoms with van der Waals surface area (Å²) in [5, 5.41) is 0. The molecule has 6 nitrogen and oxygen atoms in total. The number of nitrogens with zero attached hydrogens (tertiary/aromatic N) is 2. The van der Waals surface area contributed by atoms with Crippen molar-refractivity contribution in [3.05, 3.63) is 15.8 Å². The first kappa shape index (κ1) is 25.3. The Balaban J connectivity index is 1.96. The summed E-state index contributed by atoms with van der Waals surface area (Å²) in [6, 6.07) is 1.78. The lowest BCUT2D eigenvalue weighted by Crippen LogP contribution is -2.47. The fraction of sp³-hybridized carbons (Fsp3) is 0.654. The number of amides is 2. The van der Waals surface area contributed by atoms with Gasteiger partial charge in [-0.05, 0) is 56.9 Å². The summed E-state index contributed by atoms with van der Waals surface area (Å²) < 4.78 is 5.02. The lowest BCUT2D eigenvalue weighted by molar-refractivity contribution is -0.133. The molecule has 0 unspecified atom stereocenters. The van der Waals surface area contributed by atoms with Gasteiger partial charge in [-0.2, -0.15) is 0 Å². The second-order valence-corrected chi connectivity index (χ2v) is 10.6. The molecule has 0 N–H and O–H groups in total. The van der Waals surface area contributed by atoms with E-state index in [9.17, 15) is 14.4 Å². The molecule has 1 aromatic rings. The normalized spacial score (nSPS) is 20.7. The van der Waals surface area contributed by atoms with E-state index in [2.05, 4.69) is 18.8 Å². The fourth-order valence-corrected chi connectivity index (χ4v) is 5.43. The van der Waals surface area contributed by atoms with Gasteiger partial charge in [-0.1, -0.05) is 32.6 Å². The van der Waals surface area contributed by atoms with Crippen LogP contribution < -0.4 is 4.90 Å². The summed E-state index contributed by atoms with van der Waals surface area (Å²) in [4.78, 5) is 44.0. The number of ether oxygens (including phenoxy) is 1. The second-order valence-electron chi connectivity index (χ2n) is 9.56. The number of carbonyl (C=O) groups is 3. The van der Waals surface area contributed by atoms with Gasteiger partial charge in [0.25, 0.3) is 0 Å². The maximum atomic E-state index is 13.7. The Morgan fingerprint density at radius 2 is 1.82 bits per heavy atom. The van der Waals surface area contributed by atoms with Gasteiger partial charge in [0.15, 0.2) is 0 Å². The summed E-state index contributed by atoms with van der Waals surface area (Å²) in [6.07, 6.45) is 6.73. The SMILES string of the molecule is COC(=O)c1sc(C#CC(C)C)cc1N(CC(=O)N1CCCCC1)C(=O)C1CCC(C)CC1. The molecule has 0 radical (unpaired) electrons. The van der Waals surface area contributed by atoms with Crippen molar-refractivity contribution >= 4 is 34.8 Å². The molecule has 1 aromatic heterocycles. The molecule has 180 valence electrons. The quantitative estimate of drug-likeness (QED) is 0.460. The van der Waals surface area contributed by atoms with Crippen molar-refractivity contribution in [1.82, 2.24) is 4.90 Å². The van der Waals surface area contributed by atoms with Crippen LogP contribution in [0.25, 0.3) is 0 Å². The van der Waals surface area contributed by atoms with Gasteiger partial charge < -0.3 is 14.5 Å². The van der Waals surface area contributed by atoms with Crippen LogP contribution in [-0.2, 0) is 14.3 Å². The van der Waals surface area contributed by atoms with Crippen molar-refractivity contribution < 1.29 is 19.1 Å². The number of hydrogen-bond donors (Lipinski definition) is 0. The number of methoxy groups -OCH3 is 1. The average Bonchev–Trinajstić information content (AvgIpc) is 3.25. The topological polar surface area (TPSA) is 66.9 Å². The summed E-state index contributed by atoms with van der Waals surface area (Å²) in [6.45, 7) is 7.61. The van der Waals surface area contributed by atoms with Gasteiger partial charge in [0.2, 0.25) is 11.8 Å². The van der Waals surface area contributed by atoms with Crippen molar-refractivity contribution in [2.75, 3.05) is 31.6 Å². The average molecular weight is 473 g/mol. The van der Waals surface area contributed by atoms with Gasteiger partial charge in [0, 0.05) is 24.9 Å². The number of thiophene rings is 1. The molecule has 3 rings (SSSR count). The minimum absolute atomic E-state index is 0.0529. The summed E-state index contributed by atoms with van der Waals surface area (Å²) in [7, 11) is 1.33. The highest BCUT2D eigenvalue weighted by Gasteiger charge is 2.34. The number of anilines is 1. The first-order chi connectivity index (χ1) is 15.8. The Morgan fingerprint density at radius 3 is 2.42 bits per heavy atom. The van der Waals surface area contributed by atoms with E-state index in [1.165, 1.54) is 18.4 Å². The van der Waals surface area contributed by atoms with Crippen molar-refractivity contribution in [3.63, 3.8) is 0 Å². The van der Waals surface area contributed by atoms with Crippen molar-refractivity contribution in [2.45, 2.75) is 65.7 Å². The molecule has 1 aliphatic heterocycles. The zero-order chi connectivity index (χ0) is 24.0. The molecular weight excluding hydrogens is 436 g/mol. The van der Waals surface area contributed by atoms with Crippen LogP contribution in [0.4, 0.5) is 5.69 Å². The van der Waals surface area contributed by atoms with Crippen LogP contribution in [0.3, 0.4) is 0 Å². The number of likely N-dealkylation sites (tertiary alicyclic amines) is 1. The molecule has 7 heteroatoms. The van der Waals surface area contributed by atoms with Crippen LogP contribution in [0.2, 0.25) is 0 Å². The lowest BCUT2D eigenvalue weighted by Gasteiger charge is -2.33. The van der Waals surface area contributed by atoms with Crippen LogP contribution in [0, 0.1) is 29.6 Å². The number of carbonyl (C=O) groups excluding carboxylic acids is 3. The molecule has 33 heavy (non-hydrogen) atoms. The first-order valence-electron chi connectivity index (χ1n) is 12.1. The third-order valence-electron chi connectivity index (χ3n) is 6.49. The van der Waals surface area contributed by atoms with E-state index in [0.717, 1.165) is 58.0 Å². The van der Waals surface area contributed by atoms with E-state index < -0.39 is 5.97 Å². The smallest absolute Gasteiger partial charge is 0.350 e. The molecule has 0 bridgehead atoms. The third kappa shape index (κ3) is 6.60. The second kappa shape index (κ2) is 11.7. The molecule has 2 aliphatic rings. The Kier molecular flexibility index (Phi) is 8.96. The van der Waals surface area contributed by atoms with Crippen LogP contribution in [0.1, 0.15) is 80.3 Å². The van der Waals surface area contributed by atoms with Gasteiger partial charge in [0.1, 0.15) is 11.4 Å². The van der Waals surface area contributed by atoms with Crippen LogP contribution in [-0.4, -0.2) is 49.4 Å². The predicted octanol–water partition coefficient (Wildman–Crippen LogP) is 4.71. The highest BCUT2D eigenvalue weighted by Crippen LogP contribution is 2.35. The van der Waals surface area contributed by atoms with E-state index in [1.54, 1.807) is 11.0 Å². The predicted molar refractivity (Wildman–Crippen MR) is 131 cm³/mol. The molecule has 0 atom stereocenters. The summed E-state index contributed by atoms with van der Waals surface area (Å²) in [5.74, 6) is 6.24. The van der Waals surface area contributed by atoms with Crippen LogP contribution in [0.5, 0.6) is 0 Å². The molecule has 1 aliphatic carbocycles. The Morgan fingerprint density at radius 1 is 1.15 bits per heavy atom. The van der Waals surface area contributed by atoms with E-state index in [0.29, 0.717) is 21.4 Å². The number of esters is 1. The minimum Gasteiger partial charge on any atom is -0.465 e. The molecule has 0 spiro atoms. The number of rotatable bonds is 5. The maximum absolute atomic E-state index is 13.7. The lowest BCUT2D eigenvalue weighted by atomic mass is 9.82. The number of hydrogen-bond acceptors (Lipinski definition) is 5. The Labute approximate surface area is 201 Å². The monoisotopic (exact) mass is 472 g/mol. The van der Waals surface area contributed by atoms with Crippen molar-refractivity contribution in [3.8, 4) is 11.8 Å². The summed E-state index contributed by atoms with van der Waals surface area (Å²) in [5.41, 5.74) is 0.453.